The van der Waals surface area contributed by atoms with Crippen molar-refractivity contribution in [2.24, 2.45) is 0 Å². The Kier molecular flexibility index (Phi) is 4.11. The van der Waals surface area contributed by atoms with Crippen molar-refractivity contribution in [2.75, 3.05) is 0 Å². The maximum absolute atomic E-state index is 4.40. The lowest BCUT2D eigenvalue weighted by Crippen LogP contribution is -1.92. The maximum atomic E-state index is 4.40. The quantitative estimate of drug-likeness (QED) is 0.484. The predicted octanol–water partition coefficient (Wildman–Crippen LogP) is 5.19. The summed E-state index contributed by atoms with van der Waals surface area (Å²) in [5.74, 6) is 0.888. The molecule has 0 amide bonds. The number of benzene rings is 2. The van der Waals surface area contributed by atoms with E-state index in [1.165, 1.54) is 16.5 Å². The summed E-state index contributed by atoms with van der Waals surface area (Å²) < 4.78 is 2.09. The van der Waals surface area contributed by atoms with Crippen molar-refractivity contribution >= 4 is 16.4 Å². The summed E-state index contributed by atoms with van der Waals surface area (Å²) in [6.45, 7) is 8.21. The minimum atomic E-state index is 0.888. The van der Waals surface area contributed by atoms with Gasteiger partial charge in [-0.25, -0.2) is 0 Å². The van der Waals surface area contributed by atoms with Crippen LogP contribution in [-0.2, 0) is 0 Å². The molecule has 0 aliphatic heterocycles. The molecular weight excluding hydrogens is 282 g/mol. The van der Waals surface area contributed by atoms with Crippen molar-refractivity contribution in [3.63, 3.8) is 0 Å². The van der Waals surface area contributed by atoms with Crippen LogP contribution < -0.4 is 0 Å². The average molecular weight is 303 g/mol. The van der Waals surface area contributed by atoms with E-state index in [1.807, 2.05) is 19.9 Å². The van der Waals surface area contributed by atoms with Gasteiger partial charge in [0.25, 0.3) is 0 Å². The summed E-state index contributed by atoms with van der Waals surface area (Å²) in [6, 6.07) is 16.7. The summed E-state index contributed by atoms with van der Waals surface area (Å²) in [5, 5.41) is 11.2. The van der Waals surface area contributed by atoms with Crippen LogP contribution in [0.2, 0.25) is 0 Å². The van der Waals surface area contributed by atoms with Gasteiger partial charge in [0, 0.05) is 17.1 Å². The van der Waals surface area contributed by atoms with Gasteiger partial charge in [-0.3, -0.25) is 4.40 Å². The van der Waals surface area contributed by atoms with Crippen molar-refractivity contribution < 1.29 is 0 Å². The van der Waals surface area contributed by atoms with Gasteiger partial charge >= 0.3 is 0 Å². The largest absolute Gasteiger partial charge is 0.282 e. The van der Waals surface area contributed by atoms with E-state index in [0.29, 0.717) is 0 Å². The van der Waals surface area contributed by atoms with Crippen molar-refractivity contribution in [1.29, 1.82) is 0 Å². The van der Waals surface area contributed by atoms with Gasteiger partial charge in [-0.05, 0) is 24.8 Å². The van der Waals surface area contributed by atoms with Crippen LogP contribution in [0.5, 0.6) is 0 Å². The Morgan fingerprint density at radius 1 is 0.783 bits per heavy atom. The van der Waals surface area contributed by atoms with Crippen LogP contribution in [0.15, 0.2) is 54.7 Å². The zero-order valence-corrected chi connectivity index (χ0v) is 14.0. The van der Waals surface area contributed by atoms with E-state index in [1.54, 1.807) is 0 Å². The standard InChI is InChI=1S/C18H15N3.C2H6/c1-12-7-9-14(10-8-12)17-19-20-18-16-6-4-3-5-15(16)13(2)11-21(17)18;1-2/h3-11H,1-2H3;1-2H3. The number of hydrogen-bond donors (Lipinski definition) is 0. The summed E-state index contributed by atoms with van der Waals surface area (Å²) in [4.78, 5) is 0. The third kappa shape index (κ3) is 2.59. The number of nitrogens with zero attached hydrogens (tertiary/aromatic N) is 3. The SMILES string of the molecule is CC.Cc1ccc(-c2nnc3c4ccccc4c(C)cn23)cc1. The van der Waals surface area contributed by atoms with Crippen LogP contribution in [0.4, 0.5) is 0 Å². The Balaban J connectivity index is 0.000000753. The molecule has 2 aromatic heterocycles. The molecule has 0 atom stereocenters. The van der Waals surface area contributed by atoms with E-state index in [9.17, 15) is 0 Å². The molecule has 0 bridgehead atoms. The average Bonchev–Trinajstić information content (AvgIpc) is 3.02. The van der Waals surface area contributed by atoms with E-state index >= 15 is 0 Å². The second kappa shape index (κ2) is 6.21. The first kappa shape index (κ1) is 15.2. The summed E-state index contributed by atoms with van der Waals surface area (Å²) in [6.07, 6.45) is 2.12. The highest BCUT2D eigenvalue weighted by atomic mass is 15.2. The molecule has 0 radical (unpaired) electrons. The number of hydrogen-bond acceptors (Lipinski definition) is 2. The summed E-state index contributed by atoms with van der Waals surface area (Å²) in [7, 11) is 0. The van der Waals surface area contributed by atoms with Gasteiger partial charge in [0.05, 0.1) is 0 Å². The topological polar surface area (TPSA) is 30.2 Å². The molecular formula is C20H21N3. The lowest BCUT2D eigenvalue weighted by molar-refractivity contribution is 1.11. The molecule has 0 saturated carbocycles. The zero-order chi connectivity index (χ0) is 16.4. The number of fused-ring (bicyclic) bond motifs is 3. The fraction of sp³-hybridized carbons (Fsp3) is 0.200. The molecule has 3 nitrogen and oxygen atoms in total. The van der Waals surface area contributed by atoms with Crippen molar-refractivity contribution in [3.05, 3.63) is 65.9 Å². The first-order valence-electron chi connectivity index (χ1n) is 8.04. The Labute approximate surface area is 136 Å². The molecule has 0 aliphatic rings. The second-order valence-electron chi connectivity index (χ2n) is 5.44. The van der Waals surface area contributed by atoms with Crippen LogP contribution in [-0.4, -0.2) is 14.6 Å². The van der Waals surface area contributed by atoms with Crippen LogP contribution in [0.25, 0.3) is 27.8 Å². The van der Waals surface area contributed by atoms with Crippen molar-refractivity contribution in [2.45, 2.75) is 27.7 Å². The Morgan fingerprint density at radius 2 is 1.43 bits per heavy atom. The first-order chi connectivity index (χ1) is 11.2. The highest BCUT2D eigenvalue weighted by Gasteiger charge is 2.11. The van der Waals surface area contributed by atoms with Crippen molar-refractivity contribution in [1.82, 2.24) is 14.6 Å². The molecule has 4 aromatic rings. The molecule has 0 saturated heterocycles. The van der Waals surface area contributed by atoms with Gasteiger partial charge in [0.1, 0.15) is 0 Å². The minimum Gasteiger partial charge on any atom is -0.282 e. The van der Waals surface area contributed by atoms with Crippen LogP contribution >= 0.6 is 0 Å². The van der Waals surface area contributed by atoms with E-state index in [4.69, 9.17) is 0 Å². The molecule has 0 spiro atoms. The molecule has 0 unspecified atom stereocenters. The third-order valence-electron chi connectivity index (χ3n) is 3.92. The van der Waals surface area contributed by atoms with Crippen LogP contribution in [0, 0.1) is 13.8 Å². The first-order valence-corrected chi connectivity index (χ1v) is 8.04. The smallest absolute Gasteiger partial charge is 0.168 e. The van der Waals surface area contributed by atoms with Gasteiger partial charge < -0.3 is 0 Å². The van der Waals surface area contributed by atoms with E-state index in [2.05, 4.69) is 77.1 Å². The molecule has 23 heavy (non-hydrogen) atoms. The minimum absolute atomic E-state index is 0.888. The van der Waals surface area contributed by atoms with E-state index in [-0.39, 0.29) is 0 Å². The normalized spacial score (nSPS) is 10.6. The Morgan fingerprint density at radius 3 is 2.13 bits per heavy atom. The highest BCUT2D eigenvalue weighted by Crippen LogP contribution is 2.26. The van der Waals surface area contributed by atoms with Crippen molar-refractivity contribution in [3.8, 4) is 11.4 Å². The monoisotopic (exact) mass is 303 g/mol. The van der Waals surface area contributed by atoms with Gasteiger partial charge in [0.15, 0.2) is 11.5 Å². The molecule has 2 aromatic carbocycles. The molecule has 2 heterocycles. The molecule has 4 rings (SSSR count). The molecule has 0 fully saturated rings. The molecule has 0 N–H and O–H groups in total. The van der Waals surface area contributed by atoms with Gasteiger partial charge in [-0.2, -0.15) is 0 Å². The Hall–Kier alpha value is -2.68. The predicted molar refractivity (Wildman–Crippen MR) is 96.8 cm³/mol. The summed E-state index contributed by atoms with van der Waals surface area (Å²) >= 11 is 0. The lowest BCUT2D eigenvalue weighted by Gasteiger charge is -2.06. The third-order valence-corrected chi connectivity index (χ3v) is 3.92. The van der Waals surface area contributed by atoms with Gasteiger partial charge in [-0.15, -0.1) is 10.2 Å². The van der Waals surface area contributed by atoms with Gasteiger partial charge in [0.2, 0.25) is 0 Å². The molecule has 116 valence electrons. The second-order valence-corrected chi connectivity index (χ2v) is 5.44. The fourth-order valence-electron chi connectivity index (χ4n) is 2.78. The van der Waals surface area contributed by atoms with E-state index in [0.717, 1.165) is 22.4 Å². The van der Waals surface area contributed by atoms with E-state index < -0.39 is 0 Å². The Bertz CT molecular complexity index is 950. The number of rotatable bonds is 1. The molecule has 3 heteroatoms. The highest BCUT2D eigenvalue weighted by molar-refractivity contribution is 5.96. The maximum Gasteiger partial charge on any atom is 0.168 e. The van der Waals surface area contributed by atoms with Crippen LogP contribution in [0.1, 0.15) is 25.0 Å². The fourth-order valence-corrected chi connectivity index (χ4v) is 2.78. The number of aryl methyl sites for hydroxylation is 2. The number of aromatic nitrogens is 3. The zero-order valence-electron chi connectivity index (χ0n) is 14.0. The lowest BCUT2D eigenvalue weighted by atomic mass is 10.1. The molecule has 0 aliphatic carbocycles. The van der Waals surface area contributed by atoms with Gasteiger partial charge in [-0.1, -0.05) is 67.9 Å². The summed E-state index contributed by atoms with van der Waals surface area (Å²) in [5.41, 5.74) is 4.47. The number of pyridine rings is 1. The van der Waals surface area contributed by atoms with Crippen LogP contribution in [0.3, 0.4) is 0 Å².